The lowest BCUT2D eigenvalue weighted by molar-refractivity contribution is 0.0258. The van der Waals surface area contributed by atoms with Crippen molar-refractivity contribution in [3.63, 3.8) is 0 Å². The molecule has 3 rings (SSSR count). The number of carbonyl (C=O) groups excluding carboxylic acids is 3. The van der Waals surface area contributed by atoms with Crippen LogP contribution >= 0.6 is 0 Å². The predicted octanol–water partition coefficient (Wildman–Crippen LogP) is 6.43. The van der Waals surface area contributed by atoms with Gasteiger partial charge in [-0.05, 0) is 94.7 Å². The van der Waals surface area contributed by atoms with Crippen molar-refractivity contribution in [2.24, 2.45) is 0 Å². The number of rotatable bonds is 9. The van der Waals surface area contributed by atoms with E-state index in [2.05, 4.69) is 21.3 Å². The normalized spacial score (nSPS) is 12.9. The van der Waals surface area contributed by atoms with Crippen LogP contribution in [0.25, 0.3) is 5.57 Å². The number of carbonyl (C=O) groups is 3. The molecule has 1 heterocycles. The third-order valence-electron chi connectivity index (χ3n) is 5.45. The highest BCUT2D eigenvalue weighted by Gasteiger charge is 2.23. The lowest BCUT2D eigenvalue weighted by atomic mass is 10.1. The average molecular weight is 559 g/mol. The van der Waals surface area contributed by atoms with E-state index in [0.29, 0.717) is 11.4 Å². The molecule has 0 bridgehead atoms. The summed E-state index contributed by atoms with van der Waals surface area (Å²) >= 11 is 0. The van der Waals surface area contributed by atoms with Gasteiger partial charge in [-0.3, -0.25) is 4.79 Å². The van der Waals surface area contributed by atoms with Crippen LogP contribution in [0.1, 0.15) is 57.5 Å². The fraction of sp³-hybridized carbons (Fsp3) is 0.344. The standard InChI is InChI=1S/C32H38N4O5/c1-31(2,3)40-29(38)34-17-18-36(30(39)41-32(4,5)6)21-23-9-7-11-25(14-13-23)26-15-16-33-28(20-26)35-27-12-8-10-24(19-27)22-37/h8-16,19-20,22H,17-18,21H2,1-6H3,(H,33,35)(H,34,38). The summed E-state index contributed by atoms with van der Waals surface area (Å²) in [5, 5.41) is 5.92. The summed E-state index contributed by atoms with van der Waals surface area (Å²) in [6, 6.07) is 11.0. The van der Waals surface area contributed by atoms with Gasteiger partial charge in [-0.15, -0.1) is 5.73 Å². The van der Waals surface area contributed by atoms with Gasteiger partial charge in [-0.2, -0.15) is 0 Å². The summed E-state index contributed by atoms with van der Waals surface area (Å²) in [6.07, 6.45) is 9.01. The van der Waals surface area contributed by atoms with Gasteiger partial charge in [0.15, 0.2) is 0 Å². The van der Waals surface area contributed by atoms with E-state index in [4.69, 9.17) is 9.47 Å². The third-order valence-corrected chi connectivity index (χ3v) is 5.45. The molecule has 2 amide bonds. The molecule has 2 N–H and O–H groups in total. The van der Waals surface area contributed by atoms with Crippen LogP contribution in [0, 0.1) is 0 Å². The maximum absolute atomic E-state index is 13.0. The molecule has 216 valence electrons. The fourth-order valence-corrected chi connectivity index (χ4v) is 3.71. The van der Waals surface area contributed by atoms with Gasteiger partial charge in [0, 0.05) is 37.1 Å². The second-order valence-electron chi connectivity index (χ2n) is 11.4. The van der Waals surface area contributed by atoms with Crippen LogP contribution in [0.15, 0.2) is 78.2 Å². The maximum atomic E-state index is 13.0. The number of benzene rings is 1. The lowest BCUT2D eigenvalue weighted by Crippen LogP contribution is -2.43. The van der Waals surface area contributed by atoms with Gasteiger partial charge < -0.3 is 25.0 Å². The molecule has 0 atom stereocenters. The number of amides is 2. The molecule has 0 saturated carbocycles. The molecule has 0 radical (unpaired) electrons. The molecule has 9 nitrogen and oxygen atoms in total. The van der Waals surface area contributed by atoms with E-state index >= 15 is 0 Å². The highest BCUT2D eigenvalue weighted by Crippen LogP contribution is 2.23. The molecule has 2 aromatic rings. The molecule has 0 fully saturated rings. The Morgan fingerprint density at radius 3 is 2.46 bits per heavy atom. The quantitative estimate of drug-likeness (QED) is 0.269. The van der Waals surface area contributed by atoms with Crippen molar-refractivity contribution in [3.05, 3.63) is 89.3 Å². The van der Waals surface area contributed by atoms with E-state index in [9.17, 15) is 14.4 Å². The molecule has 9 heteroatoms. The zero-order valence-corrected chi connectivity index (χ0v) is 24.5. The van der Waals surface area contributed by atoms with Crippen LogP contribution in [0.4, 0.5) is 21.1 Å². The van der Waals surface area contributed by atoms with Crippen molar-refractivity contribution in [1.29, 1.82) is 0 Å². The first-order valence-corrected chi connectivity index (χ1v) is 13.4. The molecular weight excluding hydrogens is 520 g/mol. The van der Waals surface area contributed by atoms with E-state index < -0.39 is 23.4 Å². The first-order chi connectivity index (χ1) is 19.3. The van der Waals surface area contributed by atoms with Crippen molar-refractivity contribution >= 4 is 35.6 Å². The largest absolute Gasteiger partial charge is 0.444 e. The number of nitrogens with zero attached hydrogens (tertiary/aromatic N) is 2. The van der Waals surface area contributed by atoms with Crippen LogP contribution in [-0.4, -0.2) is 59.2 Å². The Morgan fingerprint density at radius 2 is 1.76 bits per heavy atom. The Morgan fingerprint density at radius 1 is 1.00 bits per heavy atom. The number of aromatic nitrogens is 1. The van der Waals surface area contributed by atoms with Crippen molar-refractivity contribution in [2.45, 2.75) is 52.7 Å². The number of alkyl carbamates (subject to hydrolysis) is 1. The summed E-state index contributed by atoms with van der Waals surface area (Å²) in [7, 11) is 0. The first-order valence-electron chi connectivity index (χ1n) is 13.4. The number of anilines is 2. The molecular formula is C32H38N4O5. The van der Waals surface area contributed by atoms with Crippen molar-refractivity contribution in [1.82, 2.24) is 15.2 Å². The minimum atomic E-state index is -0.670. The van der Waals surface area contributed by atoms with Gasteiger partial charge in [0.05, 0.1) is 0 Å². The molecule has 0 saturated heterocycles. The van der Waals surface area contributed by atoms with E-state index in [1.54, 1.807) is 65.9 Å². The smallest absolute Gasteiger partial charge is 0.410 e. The highest BCUT2D eigenvalue weighted by molar-refractivity contribution is 5.79. The number of allylic oxidation sites excluding steroid dienone is 3. The average Bonchev–Trinajstić information content (AvgIpc) is 3.12. The van der Waals surface area contributed by atoms with Crippen LogP contribution in [0.5, 0.6) is 0 Å². The molecule has 1 aromatic heterocycles. The lowest BCUT2D eigenvalue weighted by Gasteiger charge is -2.28. The Kier molecular flexibility index (Phi) is 10.3. The molecule has 41 heavy (non-hydrogen) atoms. The molecule has 1 aromatic carbocycles. The topological polar surface area (TPSA) is 110 Å². The zero-order chi connectivity index (χ0) is 30.0. The van der Waals surface area contributed by atoms with E-state index in [0.717, 1.165) is 28.7 Å². The molecule has 0 aliphatic heterocycles. The van der Waals surface area contributed by atoms with Gasteiger partial charge >= 0.3 is 12.2 Å². The number of hydrogen-bond donors (Lipinski definition) is 2. The van der Waals surface area contributed by atoms with Gasteiger partial charge in [0.2, 0.25) is 0 Å². The first kappa shape index (κ1) is 30.9. The zero-order valence-electron chi connectivity index (χ0n) is 24.5. The summed E-state index contributed by atoms with van der Waals surface area (Å²) in [4.78, 5) is 42.1. The number of pyridine rings is 1. The van der Waals surface area contributed by atoms with Crippen molar-refractivity contribution < 1.29 is 23.9 Å². The number of aldehydes is 1. The number of ether oxygens (including phenoxy) is 2. The van der Waals surface area contributed by atoms with Crippen LogP contribution in [-0.2, 0) is 9.47 Å². The summed E-state index contributed by atoms with van der Waals surface area (Å²) in [5.74, 6) is 0.630. The van der Waals surface area contributed by atoms with Gasteiger partial charge in [0.1, 0.15) is 23.3 Å². The van der Waals surface area contributed by atoms with Crippen LogP contribution < -0.4 is 10.6 Å². The summed E-state index contributed by atoms with van der Waals surface area (Å²) in [5.41, 5.74) is 5.88. The Bertz CT molecular complexity index is 1390. The second-order valence-corrected chi connectivity index (χ2v) is 11.4. The minimum absolute atomic E-state index is 0.199. The number of hydrogen-bond acceptors (Lipinski definition) is 7. The Balaban J connectivity index is 1.73. The Labute approximate surface area is 241 Å². The van der Waals surface area contributed by atoms with E-state index in [-0.39, 0.29) is 19.6 Å². The molecule has 1 aliphatic carbocycles. The fourth-order valence-electron chi connectivity index (χ4n) is 3.71. The van der Waals surface area contributed by atoms with Gasteiger partial charge in [0.25, 0.3) is 0 Å². The van der Waals surface area contributed by atoms with Crippen molar-refractivity contribution in [3.8, 4) is 0 Å². The van der Waals surface area contributed by atoms with Crippen LogP contribution in [0.2, 0.25) is 0 Å². The predicted molar refractivity (Wildman–Crippen MR) is 160 cm³/mol. The minimum Gasteiger partial charge on any atom is -0.444 e. The summed E-state index contributed by atoms with van der Waals surface area (Å²) < 4.78 is 10.9. The Hall–Kier alpha value is -4.62. The number of nitrogens with one attached hydrogen (secondary N) is 2. The SMILES string of the molecule is CC(C)(C)OC(=O)NCCN(CC1=CC=C(c2ccnc(Nc3cccc(C=O)c3)c2)C=C=C1)C(=O)OC(C)(C)C. The third kappa shape index (κ3) is 10.8. The van der Waals surface area contributed by atoms with E-state index in [1.807, 2.05) is 42.5 Å². The second kappa shape index (κ2) is 13.6. The van der Waals surface area contributed by atoms with Gasteiger partial charge in [-0.25, -0.2) is 14.6 Å². The maximum Gasteiger partial charge on any atom is 0.410 e. The summed E-state index contributed by atoms with van der Waals surface area (Å²) in [6.45, 7) is 11.5. The molecule has 0 spiro atoms. The van der Waals surface area contributed by atoms with Crippen LogP contribution in [0.3, 0.4) is 0 Å². The molecule has 0 unspecified atom stereocenters. The monoisotopic (exact) mass is 558 g/mol. The van der Waals surface area contributed by atoms with E-state index in [1.165, 1.54) is 4.90 Å². The molecule has 1 aliphatic rings. The highest BCUT2D eigenvalue weighted by atomic mass is 16.6. The van der Waals surface area contributed by atoms with Crippen molar-refractivity contribution in [2.75, 3.05) is 25.0 Å². The van der Waals surface area contributed by atoms with Gasteiger partial charge in [-0.1, -0.05) is 24.3 Å².